The fourth-order valence-corrected chi connectivity index (χ4v) is 2.03. The Morgan fingerprint density at radius 3 is 2.48 bits per heavy atom. The van der Waals surface area contributed by atoms with E-state index >= 15 is 0 Å². The van der Waals surface area contributed by atoms with Gasteiger partial charge in [0.05, 0.1) is 25.1 Å². The molecular formula is C18H22N2O3. The van der Waals surface area contributed by atoms with Crippen molar-refractivity contribution in [2.75, 3.05) is 18.5 Å². The van der Waals surface area contributed by atoms with Gasteiger partial charge in [-0.2, -0.15) is 0 Å². The van der Waals surface area contributed by atoms with Crippen LogP contribution in [0.3, 0.4) is 0 Å². The quantitative estimate of drug-likeness (QED) is 0.757. The highest BCUT2D eigenvalue weighted by Crippen LogP contribution is 2.18. The van der Waals surface area contributed by atoms with E-state index in [0.29, 0.717) is 26.1 Å². The third kappa shape index (κ3) is 5.62. The van der Waals surface area contributed by atoms with E-state index < -0.39 is 0 Å². The van der Waals surface area contributed by atoms with Crippen LogP contribution in [0.1, 0.15) is 25.3 Å². The summed E-state index contributed by atoms with van der Waals surface area (Å²) in [7, 11) is 0. The second kappa shape index (κ2) is 8.78. The Hall–Kier alpha value is -2.56. The number of nitrogens with zero attached hydrogens (tertiary/aromatic N) is 1. The van der Waals surface area contributed by atoms with Gasteiger partial charge in [0.1, 0.15) is 11.5 Å². The van der Waals surface area contributed by atoms with Crippen LogP contribution in [0.15, 0.2) is 42.7 Å². The molecule has 0 aliphatic rings. The third-order valence-electron chi connectivity index (χ3n) is 3.26. The predicted octanol–water partition coefficient (Wildman–Crippen LogP) is 3.59. The molecule has 2 rings (SSSR count). The summed E-state index contributed by atoms with van der Waals surface area (Å²) < 4.78 is 11.0. The molecule has 1 N–H and O–H groups in total. The summed E-state index contributed by atoms with van der Waals surface area (Å²) in [6.07, 6.45) is 4.42. The number of carbonyl (C=O) groups excluding carboxylic acids is 1. The molecule has 0 spiro atoms. The average molecular weight is 314 g/mol. The number of carbonyl (C=O) groups is 1. The molecule has 122 valence electrons. The van der Waals surface area contributed by atoms with Crippen molar-refractivity contribution in [3.05, 3.63) is 48.3 Å². The molecule has 0 saturated carbocycles. The van der Waals surface area contributed by atoms with Gasteiger partial charge < -0.3 is 14.8 Å². The number of aryl methyl sites for hydroxylation is 1. The van der Waals surface area contributed by atoms with E-state index in [1.165, 1.54) is 0 Å². The van der Waals surface area contributed by atoms with Crippen LogP contribution in [0.4, 0.5) is 5.69 Å². The lowest BCUT2D eigenvalue weighted by Gasteiger charge is -2.09. The van der Waals surface area contributed by atoms with Gasteiger partial charge in [-0.25, -0.2) is 0 Å². The summed E-state index contributed by atoms with van der Waals surface area (Å²) in [6.45, 7) is 5.02. The molecule has 1 aromatic carbocycles. The van der Waals surface area contributed by atoms with Gasteiger partial charge in [0.25, 0.3) is 0 Å². The van der Waals surface area contributed by atoms with Gasteiger partial charge >= 0.3 is 0 Å². The van der Waals surface area contributed by atoms with Crippen LogP contribution in [0.25, 0.3) is 0 Å². The molecule has 23 heavy (non-hydrogen) atoms. The lowest BCUT2D eigenvalue weighted by atomic mass is 10.2. The largest absolute Gasteiger partial charge is 0.494 e. The van der Waals surface area contributed by atoms with Crippen LogP contribution in [0, 0.1) is 6.92 Å². The number of aromatic nitrogens is 1. The molecular weight excluding hydrogens is 292 g/mol. The number of ether oxygens (including phenoxy) is 2. The summed E-state index contributed by atoms with van der Waals surface area (Å²) in [6, 6.07) is 9.34. The van der Waals surface area contributed by atoms with Crippen molar-refractivity contribution < 1.29 is 14.3 Å². The summed E-state index contributed by atoms with van der Waals surface area (Å²) in [5.74, 6) is 1.57. The normalized spacial score (nSPS) is 10.2. The van der Waals surface area contributed by atoms with E-state index in [1.54, 1.807) is 12.4 Å². The molecule has 0 unspecified atom stereocenters. The molecule has 1 aromatic heterocycles. The van der Waals surface area contributed by atoms with E-state index in [2.05, 4.69) is 10.3 Å². The summed E-state index contributed by atoms with van der Waals surface area (Å²) in [5, 5.41) is 2.86. The van der Waals surface area contributed by atoms with E-state index in [-0.39, 0.29) is 5.91 Å². The number of pyridine rings is 1. The Bertz CT molecular complexity index is 626. The van der Waals surface area contributed by atoms with Crippen molar-refractivity contribution in [1.29, 1.82) is 0 Å². The predicted molar refractivity (Wildman–Crippen MR) is 89.9 cm³/mol. The summed E-state index contributed by atoms with van der Waals surface area (Å²) in [5.41, 5.74) is 1.75. The topological polar surface area (TPSA) is 60.5 Å². The van der Waals surface area contributed by atoms with Crippen LogP contribution >= 0.6 is 0 Å². The number of hydrogen-bond acceptors (Lipinski definition) is 4. The second-order valence-corrected chi connectivity index (χ2v) is 5.10. The van der Waals surface area contributed by atoms with Crippen LogP contribution in [0.5, 0.6) is 11.5 Å². The molecule has 2 aromatic rings. The zero-order valence-electron chi connectivity index (χ0n) is 13.5. The fourth-order valence-electron chi connectivity index (χ4n) is 2.03. The van der Waals surface area contributed by atoms with Gasteiger partial charge in [-0.05, 0) is 56.2 Å². The highest BCUT2D eigenvalue weighted by molar-refractivity contribution is 5.91. The van der Waals surface area contributed by atoms with Crippen molar-refractivity contribution in [3.8, 4) is 11.5 Å². The smallest absolute Gasteiger partial charge is 0.224 e. The first-order valence-electron chi connectivity index (χ1n) is 7.75. The minimum atomic E-state index is -0.0311. The summed E-state index contributed by atoms with van der Waals surface area (Å²) in [4.78, 5) is 15.9. The van der Waals surface area contributed by atoms with Gasteiger partial charge in [0.15, 0.2) is 0 Å². The van der Waals surface area contributed by atoms with Crippen LogP contribution in [-0.2, 0) is 4.79 Å². The Morgan fingerprint density at radius 2 is 1.83 bits per heavy atom. The highest BCUT2D eigenvalue weighted by Gasteiger charge is 2.05. The molecule has 0 aliphatic heterocycles. The van der Waals surface area contributed by atoms with E-state index in [0.717, 1.165) is 22.7 Å². The van der Waals surface area contributed by atoms with Gasteiger partial charge in [0, 0.05) is 12.6 Å². The zero-order chi connectivity index (χ0) is 16.5. The number of benzene rings is 1. The molecule has 0 radical (unpaired) electrons. The van der Waals surface area contributed by atoms with Crippen LogP contribution in [0.2, 0.25) is 0 Å². The third-order valence-corrected chi connectivity index (χ3v) is 3.26. The first-order valence-corrected chi connectivity index (χ1v) is 7.75. The van der Waals surface area contributed by atoms with Gasteiger partial charge in [-0.1, -0.05) is 0 Å². The standard InChI is InChI=1S/C18H22N2O3/c1-3-22-15-6-8-16(9-7-15)23-12-4-5-18(21)20-17-13-19-11-10-14(17)2/h6-11,13H,3-5,12H2,1-2H3,(H,20,21). The number of amides is 1. The van der Waals surface area contributed by atoms with Gasteiger partial charge in [0.2, 0.25) is 5.91 Å². The zero-order valence-corrected chi connectivity index (χ0v) is 13.5. The van der Waals surface area contributed by atoms with Crippen LogP contribution < -0.4 is 14.8 Å². The molecule has 0 atom stereocenters. The minimum absolute atomic E-state index is 0.0311. The SMILES string of the molecule is CCOc1ccc(OCCCC(=O)Nc2cnccc2C)cc1. The Morgan fingerprint density at radius 1 is 1.13 bits per heavy atom. The number of hydrogen-bond donors (Lipinski definition) is 1. The Balaban J connectivity index is 1.68. The Kier molecular flexibility index (Phi) is 6.41. The first-order chi connectivity index (χ1) is 11.2. The molecule has 0 fully saturated rings. The molecule has 0 aliphatic carbocycles. The Labute approximate surface area is 136 Å². The number of nitrogens with one attached hydrogen (secondary N) is 1. The molecule has 0 saturated heterocycles. The molecule has 5 heteroatoms. The average Bonchev–Trinajstić information content (AvgIpc) is 2.55. The molecule has 1 heterocycles. The van der Waals surface area contributed by atoms with Crippen molar-refractivity contribution in [3.63, 3.8) is 0 Å². The highest BCUT2D eigenvalue weighted by atomic mass is 16.5. The molecule has 0 bridgehead atoms. The van der Waals surface area contributed by atoms with Crippen molar-refractivity contribution >= 4 is 11.6 Å². The fraction of sp³-hybridized carbons (Fsp3) is 0.333. The van der Waals surface area contributed by atoms with Crippen LogP contribution in [-0.4, -0.2) is 24.1 Å². The number of anilines is 1. The molecule has 5 nitrogen and oxygen atoms in total. The maximum atomic E-state index is 11.9. The van der Waals surface area contributed by atoms with Gasteiger partial charge in [-0.3, -0.25) is 9.78 Å². The monoisotopic (exact) mass is 314 g/mol. The van der Waals surface area contributed by atoms with Crippen molar-refractivity contribution in [1.82, 2.24) is 4.98 Å². The van der Waals surface area contributed by atoms with E-state index in [4.69, 9.17) is 9.47 Å². The molecule has 1 amide bonds. The van der Waals surface area contributed by atoms with Gasteiger partial charge in [-0.15, -0.1) is 0 Å². The minimum Gasteiger partial charge on any atom is -0.494 e. The second-order valence-electron chi connectivity index (χ2n) is 5.10. The maximum absolute atomic E-state index is 11.9. The first kappa shape index (κ1) is 16.8. The lowest BCUT2D eigenvalue weighted by molar-refractivity contribution is -0.116. The van der Waals surface area contributed by atoms with E-state index in [9.17, 15) is 4.79 Å². The van der Waals surface area contributed by atoms with Crippen molar-refractivity contribution in [2.24, 2.45) is 0 Å². The maximum Gasteiger partial charge on any atom is 0.224 e. The van der Waals surface area contributed by atoms with Crippen molar-refractivity contribution in [2.45, 2.75) is 26.7 Å². The van der Waals surface area contributed by atoms with E-state index in [1.807, 2.05) is 44.2 Å². The summed E-state index contributed by atoms with van der Waals surface area (Å²) >= 11 is 0. The number of rotatable bonds is 8. The lowest BCUT2D eigenvalue weighted by Crippen LogP contribution is -2.13.